The SMILES string of the molecule is C=C(CC)CNCCC#CC. The maximum Gasteiger partial charge on any atom is 0.0214 e. The zero-order chi connectivity index (χ0) is 8.53. The smallest absolute Gasteiger partial charge is 0.0214 e. The minimum absolute atomic E-state index is 0.932. The Balaban J connectivity index is 3.12. The second-order valence-corrected chi connectivity index (χ2v) is 2.46. The van der Waals surface area contributed by atoms with Gasteiger partial charge in [-0.1, -0.05) is 19.1 Å². The topological polar surface area (TPSA) is 12.0 Å². The monoisotopic (exact) mass is 151 g/mol. The highest BCUT2D eigenvalue weighted by molar-refractivity contribution is 4.97. The van der Waals surface area contributed by atoms with Gasteiger partial charge in [0.15, 0.2) is 0 Å². The molecule has 11 heavy (non-hydrogen) atoms. The molecule has 0 aliphatic rings. The second kappa shape index (κ2) is 7.37. The van der Waals surface area contributed by atoms with Gasteiger partial charge in [0.25, 0.3) is 0 Å². The zero-order valence-electron chi connectivity index (χ0n) is 7.54. The lowest BCUT2D eigenvalue weighted by Crippen LogP contribution is -2.17. The summed E-state index contributed by atoms with van der Waals surface area (Å²) >= 11 is 0. The van der Waals surface area contributed by atoms with Crippen molar-refractivity contribution in [3.05, 3.63) is 12.2 Å². The molecule has 1 heteroatoms. The first-order valence-corrected chi connectivity index (χ1v) is 4.08. The Morgan fingerprint density at radius 2 is 2.27 bits per heavy atom. The van der Waals surface area contributed by atoms with E-state index >= 15 is 0 Å². The summed E-state index contributed by atoms with van der Waals surface area (Å²) in [5, 5.41) is 3.27. The maximum absolute atomic E-state index is 3.89. The van der Waals surface area contributed by atoms with E-state index < -0.39 is 0 Å². The average Bonchev–Trinajstić information content (AvgIpc) is 2.04. The minimum atomic E-state index is 0.932. The normalized spacial score (nSPS) is 8.55. The Labute approximate surface area is 69.9 Å². The molecule has 62 valence electrons. The van der Waals surface area contributed by atoms with E-state index in [-0.39, 0.29) is 0 Å². The van der Waals surface area contributed by atoms with E-state index in [1.807, 2.05) is 6.92 Å². The molecular weight excluding hydrogens is 134 g/mol. The van der Waals surface area contributed by atoms with Crippen LogP contribution >= 0.6 is 0 Å². The molecule has 0 bridgehead atoms. The Hall–Kier alpha value is -0.740. The van der Waals surface area contributed by atoms with Crippen molar-refractivity contribution in [3.63, 3.8) is 0 Å². The van der Waals surface area contributed by atoms with Crippen molar-refractivity contribution in [1.29, 1.82) is 0 Å². The third kappa shape index (κ3) is 7.15. The van der Waals surface area contributed by atoms with Crippen LogP contribution in [0.25, 0.3) is 0 Å². The number of nitrogens with one attached hydrogen (secondary N) is 1. The van der Waals surface area contributed by atoms with Crippen LogP contribution in [-0.4, -0.2) is 13.1 Å². The van der Waals surface area contributed by atoms with Crippen molar-refractivity contribution in [2.75, 3.05) is 13.1 Å². The van der Waals surface area contributed by atoms with Crippen molar-refractivity contribution in [2.45, 2.75) is 26.7 Å². The molecule has 0 heterocycles. The van der Waals surface area contributed by atoms with Crippen molar-refractivity contribution in [1.82, 2.24) is 5.32 Å². The highest BCUT2D eigenvalue weighted by atomic mass is 14.8. The van der Waals surface area contributed by atoms with E-state index in [9.17, 15) is 0 Å². The molecule has 0 aliphatic carbocycles. The van der Waals surface area contributed by atoms with Crippen LogP contribution in [0.4, 0.5) is 0 Å². The van der Waals surface area contributed by atoms with Gasteiger partial charge in [-0.15, -0.1) is 11.8 Å². The van der Waals surface area contributed by atoms with E-state index in [0.717, 1.165) is 25.9 Å². The highest BCUT2D eigenvalue weighted by Gasteiger charge is 1.87. The molecule has 0 saturated carbocycles. The fraction of sp³-hybridized carbons (Fsp3) is 0.600. The van der Waals surface area contributed by atoms with Crippen LogP contribution in [0, 0.1) is 11.8 Å². The summed E-state index contributed by atoms with van der Waals surface area (Å²) in [6, 6.07) is 0. The summed E-state index contributed by atoms with van der Waals surface area (Å²) in [6.45, 7) is 9.78. The Kier molecular flexibility index (Phi) is 6.87. The van der Waals surface area contributed by atoms with Gasteiger partial charge in [0.2, 0.25) is 0 Å². The quantitative estimate of drug-likeness (QED) is 0.360. The summed E-state index contributed by atoms with van der Waals surface area (Å²) in [5.74, 6) is 5.86. The lowest BCUT2D eigenvalue weighted by atomic mass is 10.2. The molecule has 0 radical (unpaired) electrons. The van der Waals surface area contributed by atoms with Gasteiger partial charge in [0, 0.05) is 19.5 Å². The van der Waals surface area contributed by atoms with Crippen LogP contribution in [0.15, 0.2) is 12.2 Å². The van der Waals surface area contributed by atoms with Gasteiger partial charge in [0.05, 0.1) is 0 Å². The van der Waals surface area contributed by atoms with Crippen LogP contribution in [0.1, 0.15) is 26.7 Å². The van der Waals surface area contributed by atoms with Gasteiger partial charge >= 0.3 is 0 Å². The van der Waals surface area contributed by atoms with Gasteiger partial charge in [-0.2, -0.15) is 0 Å². The van der Waals surface area contributed by atoms with E-state index in [1.165, 1.54) is 5.57 Å². The fourth-order valence-corrected chi connectivity index (χ4v) is 0.666. The largest absolute Gasteiger partial charge is 0.312 e. The summed E-state index contributed by atoms with van der Waals surface area (Å²) < 4.78 is 0. The zero-order valence-corrected chi connectivity index (χ0v) is 7.54. The molecule has 0 aromatic heterocycles. The van der Waals surface area contributed by atoms with Crippen LogP contribution in [0.3, 0.4) is 0 Å². The summed E-state index contributed by atoms with van der Waals surface area (Å²) in [5.41, 5.74) is 1.26. The molecule has 0 amide bonds. The molecule has 0 fully saturated rings. The Morgan fingerprint density at radius 1 is 1.55 bits per heavy atom. The molecule has 1 nitrogen and oxygen atoms in total. The molecule has 0 unspecified atom stereocenters. The van der Waals surface area contributed by atoms with Gasteiger partial charge in [-0.3, -0.25) is 0 Å². The Morgan fingerprint density at radius 3 is 2.82 bits per heavy atom. The van der Waals surface area contributed by atoms with Crippen LogP contribution in [0.5, 0.6) is 0 Å². The molecular formula is C10H17N. The van der Waals surface area contributed by atoms with Crippen LogP contribution in [0.2, 0.25) is 0 Å². The lowest BCUT2D eigenvalue weighted by Gasteiger charge is -2.02. The summed E-state index contributed by atoms with van der Waals surface area (Å²) in [4.78, 5) is 0. The second-order valence-electron chi connectivity index (χ2n) is 2.46. The first-order valence-electron chi connectivity index (χ1n) is 4.08. The van der Waals surface area contributed by atoms with E-state index in [4.69, 9.17) is 0 Å². The maximum atomic E-state index is 3.89. The molecule has 0 aromatic rings. The number of rotatable bonds is 5. The third-order valence-corrected chi connectivity index (χ3v) is 1.48. The van der Waals surface area contributed by atoms with Gasteiger partial charge in [0.1, 0.15) is 0 Å². The Bertz CT molecular complexity index is 159. The van der Waals surface area contributed by atoms with Crippen molar-refractivity contribution >= 4 is 0 Å². The number of hydrogen-bond acceptors (Lipinski definition) is 1. The number of hydrogen-bond donors (Lipinski definition) is 1. The molecule has 0 spiro atoms. The van der Waals surface area contributed by atoms with Crippen molar-refractivity contribution in [2.24, 2.45) is 0 Å². The van der Waals surface area contributed by atoms with E-state index in [0.29, 0.717) is 0 Å². The summed E-state index contributed by atoms with van der Waals surface area (Å²) in [7, 11) is 0. The first-order chi connectivity index (χ1) is 5.31. The average molecular weight is 151 g/mol. The van der Waals surface area contributed by atoms with Gasteiger partial charge in [-0.05, 0) is 13.3 Å². The van der Waals surface area contributed by atoms with E-state index in [1.54, 1.807) is 0 Å². The molecule has 0 aromatic carbocycles. The lowest BCUT2D eigenvalue weighted by molar-refractivity contribution is 0.733. The predicted octanol–water partition coefficient (Wildman–Crippen LogP) is 1.96. The fourth-order valence-electron chi connectivity index (χ4n) is 0.666. The van der Waals surface area contributed by atoms with Crippen LogP contribution in [-0.2, 0) is 0 Å². The molecule has 0 rings (SSSR count). The molecule has 0 aliphatic heterocycles. The molecule has 1 N–H and O–H groups in total. The molecule has 0 atom stereocenters. The van der Waals surface area contributed by atoms with Crippen LogP contribution < -0.4 is 5.32 Å². The first kappa shape index (κ1) is 10.3. The van der Waals surface area contributed by atoms with E-state index in [2.05, 4.69) is 30.7 Å². The third-order valence-electron chi connectivity index (χ3n) is 1.48. The van der Waals surface area contributed by atoms with Gasteiger partial charge < -0.3 is 5.32 Å². The van der Waals surface area contributed by atoms with Crippen molar-refractivity contribution < 1.29 is 0 Å². The predicted molar refractivity (Wildman–Crippen MR) is 50.4 cm³/mol. The highest BCUT2D eigenvalue weighted by Crippen LogP contribution is 1.92. The standard InChI is InChI=1S/C10H17N/c1-4-6-7-8-11-9-10(3)5-2/h11H,3,5,7-9H2,1-2H3. The molecule has 0 saturated heterocycles. The minimum Gasteiger partial charge on any atom is -0.312 e. The summed E-state index contributed by atoms with van der Waals surface area (Å²) in [6.07, 6.45) is 2.00. The van der Waals surface area contributed by atoms with Crippen molar-refractivity contribution in [3.8, 4) is 11.8 Å². The van der Waals surface area contributed by atoms with Gasteiger partial charge in [-0.25, -0.2) is 0 Å².